The van der Waals surface area contributed by atoms with E-state index in [1.807, 2.05) is 7.05 Å². The summed E-state index contributed by atoms with van der Waals surface area (Å²) in [6, 6.07) is 5.09. The lowest BCUT2D eigenvalue weighted by Crippen LogP contribution is -2.42. The van der Waals surface area contributed by atoms with E-state index >= 15 is 0 Å². The van der Waals surface area contributed by atoms with Gasteiger partial charge in [-0.15, -0.1) is 24.0 Å². The highest BCUT2D eigenvalue weighted by Crippen LogP contribution is 2.45. The van der Waals surface area contributed by atoms with Crippen LogP contribution in [0.4, 0.5) is 4.39 Å². The van der Waals surface area contributed by atoms with Gasteiger partial charge in [0, 0.05) is 54.7 Å². The Balaban J connectivity index is 0.00000182. The number of benzene rings is 1. The van der Waals surface area contributed by atoms with E-state index in [1.165, 1.54) is 6.07 Å². The van der Waals surface area contributed by atoms with Crippen LogP contribution in [0.15, 0.2) is 23.2 Å². The van der Waals surface area contributed by atoms with Crippen molar-refractivity contribution in [1.29, 1.82) is 0 Å². The van der Waals surface area contributed by atoms with Crippen LogP contribution >= 0.6 is 35.6 Å². The van der Waals surface area contributed by atoms with Crippen LogP contribution < -0.4 is 5.32 Å². The van der Waals surface area contributed by atoms with Gasteiger partial charge in [-0.05, 0) is 31.4 Å². The molecule has 3 atom stereocenters. The molecule has 25 heavy (non-hydrogen) atoms. The molecule has 1 aromatic rings. The smallest absolute Gasteiger partial charge is 0.193 e. The highest BCUT2D eigenvalue weighted by molar-refractivity contribution is 14.0. The number of hydrogen-bond donors (Lipinski definition) is 1. The lowest BCUT2D eigenvalue weighted by Gasteiger charge is -2.25. The molecule has 2 aliphatic heterocycles. The van der Waals surface area contributed by atoms with Crippen molar-refractivity contribution in [2.75, 3.05) is 33.4 Å². The molecule has 3 aliphatic rings. The van der Waals surface area contributed by atoms with Crippen molar-refractivity contribution in [2.45, 2.75) is 31.2 Å². The van der Waals surface area contributed by atoms with E-state index < -0.39 is 0 Å². The molecule has 2 heterocycles. The highest BCUT2D eigenvalue weighted by Gasteiger charge is 2.45. The molecule has 0 bridgehead atoms. The number of hydrogen-bond acceptors (Lipinski definition) is 2. The molecule has 138 valence electrons. The molecule has 1 saturated carbocycles. The molecule has 0 radical (unpaired) electrons. The maximum atomic E-state index is 14.1. The Hall–Kier alpha value is -0.600. The number of nitrogens with zero attached hydrogens (tertiary/aromatic N) is 2. The molecule has 1 aliphatic carbocycles. The van der Waals surface area contributed by atoms with Gasteiger partial charge < -0.3 is 15.0 Å². The summed E-state index contributed by atoms with van der Waals surface area (Å²) in [7, 11) is 1.81. The van der Waals surface area contributed by atoms with Crippen LogP contribution in [0.1, 0.15) is 30.7 Å². The van der Waals surface area contributed by atoms with Gasteiger partial charge in [-0.3, -0.25) is 4.99 Å². The SMILES string of the molecule is CN=C(NC1CC1c1c(F)cccc1Cl)N1CCC2(CCOC2)C1.I. The number of halogens is 3. The number of aliphatic imine (C=N–C) groups is 1. The van der Waals surface area contributed by atoms with E-state index in [0.29, 0.717) is 16.0 Å². The summed E-state index contributed by atoms with van der Waals surface area (Å²) in [5.41, 5.74) is 0.935. The molecule has 3 unspecified atom stereocenters. The van der Waals surface area contributed by atoms with Crippen molar-refractivity contribution < 1.29 is 9.13 Å². The van der Waals surface area contributed by atoms with Crippen LogP contribution in [0, 0.1) is 11.2 Å². The van der Waals surface area contributed by atoms with E-state index in [4.69, 9.17) is 16.3 Å². The Bertz CT molecular complexity index is 645. The Morgan fingerprint density at radius 1 is 1.44 bits per heavy atom. The van der Waals surface area contributed by atoms with E-state index in [0.717, 1.165) is 51.5 Å². The fourth-order valence-electron chi connectivity index (χ4n) is 4.09. The molecule has 3 fully saturated rings. The van der Waals surface area contributed by atoms with Crippen LogP contribution in [0.25, 0.3) is 0 Å². The van der Waals surface area contributed by atoms with Gasteiger partial charge in [0.2, 0.25) is 0 Å². The number of ether oxygens (including phenoxy) is 1. The normalized spacial score (nSPS) is 31.3. The predicted molar refractivity (Wildman–Crippen MR) is 109 cm³/mol. The van der Waals surface area contributed by atoms with Crippen molar-refractivity contribution in [1.82, 2.24) is 10.2 Å². The summed E-state index contributed by atoms with van der Waals surface area (Å²) >= 11 is 6.19. The van der Waals surface area contributed by atoms with E-state index in [9.17, 15) is 4.39 Å². The van der Waals surface area contributed by atoms with Crippen molar-refractivity contribution in [3.63, 3.8) is 0 Å². The molecule has 7 heteroatoms. The van der Waals surface area contributed by atoms with Gasteiger partial charge in [-0.25, -0.2) is 4.39 Å². The Labute approximate surface area is 170 Å². The molecular formula is C18H24ClFIN3O. The third-order valence-corrected chi connectivity index (χ3v) is 5.94. The Morgan fingerprint density at radius 3 is 2.96 bits per heavy atom. The summed E-state index contributed by atoms with van der Waals surface area (Å²) in [5, 5.41) is 4.02. The molecule has 0 aromatic heterocycles. The Kier molecular flexibility index (Phi) is 5.80. The third kappa shape index (κ3) is 3.76. The van der Waals surface area contributed by atoms with Crippen LogP contribution in [0.2, 0.25) is 5.02 Å². The summed E-state index contributed by atoms with van der Waals surface area (Å²) < 4.78 is 19.7. The second-order valence-electron chi connectivity index (χ2n) is 7.25. The van der Waals surface area contributed by atoms with Gasteiger partial charge in [0.15, 0.2) is 5.96 Å². The van der Waals surface area contributed by atoms with E-state index in [2.05, 4.69) is 15.2 Å². The average molecular weight is 480 g/mol. The topological polar surface area (TPSA) is 36.9 Å². The van der Waals surface area contributed by atoms with E-state index in [1.54, 1.807) is 12.1 Å². The van der Waals surface area contributed by atoms with Crippen LogP contribution in [0.3, 0.4) is 0 Å². The van der Waals surface area contributed by atoms with Crippen LogP contribution in [-0.4, -0.2) is 50.3 Å². The fraction of sp³-hybridized carbons (Fsp3) is 0.611. The number of guanidine groups is 1. The van der Waals surface area contributed by atoms with Crippen LogP contribution in [-0.2, 0) is 4.74 Å². The van der Waals surface area contributed by atoms with Gasteiger partial charge in [0.25, 0.3) is 0 Å². The summed E-state index contributed by atoms with van der Waals surface area (Å²) in [6.07, 6.45) is 3.18. The van der Waals surface area contributed by atoms with Gasteiger partial charge >= 0.3 is 0 Å². The minimum absolute atomic E-state index is 0. The van der Waals surface area contributed by atoms with Gasteiger partial charge in [-0.2, -0.15) is 0 Å². The minimum Gasteiger partial charge on any atom is -0.381 e. The molecular weight excluding hydrogens is 456 g/mol. The monoisotopic (exact) mass is 479 g/mol. The molecule has 4 nitrogen and oxygen atoms in total. The lowest BCUT2D eigenvalue weighted by atomic mass is 9.87. The van der Waals surface area contributed by atoms with Crippen molar-refractivity contribution in [2.24, 2.45) is 10.4 Å². The number of likely N-dealkylation sites (tertiary alicyclic amines) is 1. The zero-order chi connectivity index (χ0) is 16.7. The standard InChI is InChI=1S/C18H23ClFN3O.HI/c1-21-17(23-7-5-18(10-23)6-8-24-11-18)22-15-9-12(15)16-13(19)3-2-4-14(16)20;/h2-4,12,15H,5-11H2,1H3,(H,21,22);1H. The number of nitrogens with one attached hydrogen (secondary N) is 1. The van der Waals surface area contributed by atoms with Crippen molar-refractivity contribution in [3.8, 4) is 0 Å². The third-order valence-electron chi connectivity index (χ3n) is 5.61. The molecule has 1 spiro atoms. The predicted octanol–water partition coefficient (Wildman–Crippen LogP) is 3.64. The Morgan fingerprint density at radius 2 is 2.28 bits per heavy atom. The van der Waals surface area contributed by atoms with Gasteiger partial charge in [0.1, 0.15) is 5.82 Å². The largest absolute Gasteiger partial charge is 0.381 e. The first-order chi connectivity index (χ1) is 11.6. The van der Waals surface area contributed by atoms with Crippen molar-refractivity contribution >= 4 is 41.5 Å². The zero-order valence-electron chi connectivity index (χ0n) is 14.3. The molecule has 1 N–H and O–H groups in total. The minimum atomic E-state index is -0.213. The second-order valence-corrected chi connectivity index (χ2v) is 7.66. The maximum absolute atomic E-state index is 14.1. The van der Waals surface area contributed by atoms with E-state index in [-0.39, 0.29) is 41.8 Å². The molecule has 1 aromatic carbocycles. The molecule has 2 saturated heterocycles. The number of rotatable bonds is 2. The summed E-state index contributed by atoms with van der Waals surface area (Å²) in [4.78, 5) is 6.75. The first-order valence-corrected chi connectivity index (χ1v) is 9.00. The quantitative estimate of drug-likeness (QED) is 0.400. The lowest BCUT2D eigenvalue weighted by molar-refractivity contribution is 0.156. The van der Waals surface area contributed by atoms with Gasteiger partial charge in [-0.1, -0.05) is 17.7 Å². The fourth-order valence-corrected chi connectivity index (χ4v) is 4.39. The first kappa shape index (κ1) is 19.2. The van der Waals surface area contributed by atoms with Crippen molar-refractivity contribution in [3.05, 3.63) is 34.6 Å². The molecule has 4 rings (SSSR count). The second kappa shape index (κ2) is 7.56. The summed E-state index contributed by atoms with van der Waals surface area (Å²) in [5.74, 6) is 0.829. The van der Waals surface area contributed by atoms with Gasteiger partial charge in [0.05, 0.1) is 6.61 Å². The van der Waals surface area contributed by atoms with Crippen LogP contribution in [0.5, 0.6) is 0 Å². The molecule has 0 amide bonds. The average Bonchev–Trinajstić information content (AvgIpc) is 2.97. The summed E-state index contributed by atoms with van der Waals surface area (Å²) in [6.45, 7) is 3.72. The highest BCUT2D eigenvalue weighted by atomic mass is 127. The maximum Gasteiger partial charge on any atom is 0.193 e. The first-order valence-electron chi connectivity index (χ1n) is 8.62. The zero-order valence-corrected chi connectivity index (χ0v) is 17.4.